The van der Waals surface area contributed by atoms with Crippen LogP contribution >= 0.6 is 0 Å². The van der Waals surface area contributed by atoms with Crippen molar-refractivity contribution in [1.82, 2.24) is 0 Å². The Morgan fingerprint density at radius 2 is 1.15 bits per heavy atom. The van der Waals surface area contributed by atoms with Crippen LogP contribution in [-0.4, -0.2) is 19.9 Å². The van der Waals surface area contributed by atoms with Gasteiger partial charge in [-0.15, -0.1) is 0 Å². The topological polar surface area (TPSA) is 59.1 Å². The van der Waals surface area contributed by atoms with Crippen LogP contribution in [0.4, 0.5) is 0 Å². The Kier molecular flexibility index (Phi) is 14.1. The number of hydrogen-bond acceptors (Lipinski definition) is 3. The van der Waals surface area contributed by atoms with Crippen LogP contribution in [-0.2, 0) is 10.2 Å². The molecule has 0 atom stereocenters. The van der Waals surface area contributed by atoms with Crippen molar-refractivity contribution >= 4 is 28.3 Å². The van der Waals surface area contributed by atoms with E-state index in [1.54, 1.807) is 6.26 Å². The molecular weight excluding hydrogens is 729 g/mol. The number of rotatable bonds is 2. The normalized spacial score (nSPS) is 16.5. The maximum atomic E-state index is 5.63. The predicted octanol–water partition coefficient (Wildman–Crippen LogP) is 14.4. The Hall–Kier alpha value is -6.81. The van der Waals surface area contributed by atoms with E-state index in [1.807, 2.05) is 69.4 Å². The summed E-state index contributed by atoms with van der Waals surface area (Å²) in [6.07, 6.45) is 11.4. The second-order valence-electron chi connectivity index (χ2n) is 14.8. The predicted molar refractivity (Wildman–Crippen MR) is 259 cm³/mol. The molecule has 3 heteroatoms. The highest BCUT2D eigenvalue weighted by molar-refractivity contribution is 6.17. The van der Waals surface area contributed by atoms with Crippen molar-refractivity contribution in [2.75, 3.05) is 13.2 Å². The molecule has 0 aromatic heterocycles. The van der Waals surface area contributed by atoms with Gasteiger partial charge in [-0.25, -0.2) is 0 Å². The number of benzene rings is 7. The SMILES string of the molecule is C=C1/C=C\C=C/OC/C=C(CN)\C=C\1C.C=N.CC.Cc1ccc(-c2cccc3c2-c2ccccc2C32c3cccc4ccc5cccc2c5c34)cc1.Cc1ccccc1. The van der Waals surface area contributed by atoms with Gasteiger partial charge in [0.2, 0.25) is 0 Å². The monoisotopic (exact) mass is 784 g/mol. The van der Waals surface area contributed by atoms with E-state index in [0.29, 0.717) is 13.2 Å². The van der Waals surface area contributed by atoms with Gasteiger partial charge in [0.1, 0.15) is 6.61 Å². The van der Waals surface area contributed by atoms with Crippen LogP contribution in [0.2, 0.25) is 0 Å². The Labute approximate surface area is 357 Å². The lowest BCUT2D eigenvalue weighted by Crippen LogP contribution is -2.26. The molecule has 0 radical (unpaired) electrons. The third-order valence-electron chi connectivity index (χ3n) is 11.2. The molecular formula is C57H56N2O. The zero-order chi connectivity index (χ0) is 42.6. The third-order valence-corrected chi connectivity index (χ3v) is 11.2. The molecule has 0 amide bonds. The Morgan fingerprint density at radius 1 is 0.600 bits per heavy atom. The minimum absolute atomic E-state index is 0.282. The molecule has 3 N–H and O–H groups in total. The Bertz CT molecular complexity index is 2670. The highest BCUT2D eigenvalue weighted by atomic mass is 16.5. The van der Waals surface area contributed by atoms with Crippen LogP contribution < -0.4 is 5.73 Å². The van der Waals surface area contributed by atoms with E-state index < -0.39 is 0 Å². The van der Waals surface area contributed by atoms with E-state index in [1.165, 1.54) is 77.2 Å². The van der Waals surface area contributed by atoms with E-state index in [2.05, 4.69) is 155 Å². The van der Waals surface area contributed by atoms with Gasteiger partial charge in [0.15, 0.2) is 0 Å². The van der Waals surface area contributed by atoms with Crippen molar-refractivity contribution in [2.45, 2.75) is 40.0 Å². The van der Waals surface area contributed by atoms with Gasteiger partial charge in [-0.05, 0) is 122 Å². The fourth-order valence-electron chi connectivity index (χ4n) is 8.53. The fourth-order valence-corrected chi connectivity index (χ4v) is 8.53. The van der Waals surface area contributed by atoms with Crippen molar-refractivity contribution in [1.29, 1.82) is 5.41 Å². The van der Waals surface area contributed by atoms with Gasteiger partial charge in [0.05, 0.1) is 11.7 Å². The van der Waals surface area contributed by atoms with E-state index in [-0.39, 0.29) is 5.41 Å². The van der Waals surface area contributed by atoms with Gasteiger partial charge < -0.3 is 15.9 Å². The summed E-state index contributed by atoms with van der Waals surface area (Å²) in [6, 6.07) is 53.5. The first-order chi connectivity index (χ1) is 29.4. The molecule has 2 aliphatic carbocycles. The number of nitrogens with two attached hydrogens (primary N) is 1. The van der Waals surface area contributed by atoms with E-state index in [4.69, 9.17) is 15.9 Å². The zero-order valence-corrected chi connectivity index (χ0v) is 35.6. The van der Waals surface area contributed by atoms with Gasteiger partial charge in [-0.2, -0.15) is 0 Å². The summed E-state index contributed by atoms with van der Waals surface area (Å²) in [6.45, 7) is 17.8. The first-order valence-electron chi connectivity index (χ1n) is 20.8. The molecule has 300 valence electrons. The summed E-state index contributed by atoms with van der Waals surface area (Å²) in [7, 11) is 0. The highest BCUT2D eigenvalue weighted by Crippen LogP contribution is 2.63. The van der Waals surface area contributed by atoms with Crippen molar-refractivity contribution in [3.05, 3.63) is 239 Å². The summed E-state index contributed by atoms with van der Waals surface area (Å²) in [5, 5.41) is 11.0. The molecule has 7 aromatic rings. The Balaban J connectivity index is 0.000000193. The lowest BCUT2D eigenvalue weighted by Gasteiger charge is -2.31. The molecule has 3 aliphatic rings. The molecule has 3 nitrogen and oxygen atoms in total. The van der Waals surface area contributed by atoms with E-state index in [9.17, 15) is 0 Å². The first-order valence-corrected chi connectivity index (χ1v) is 20.8. The third kappa shape index (κ3) is 8.23. The van der Waals surface area contributed by atoms with Gasteiger partial charge in [-0.3, -0.25) is 0 Å². The molecule has 0 fully saturated rings. The smallest absolute Gasteiger partial charge is 0.106 e. The largest absolute Gasteiger partial charge is 0.497 e. The van der Waals surface area contributed by atoms with Crippen LogP contribution in [0.3, 0.4) is 0 Å². The van der Waals surface area contributed by atoms with Gasteiger partial charge >= 0.3 is 0 Å². The maximum Gasteiger partial charge on any atom is 0.106 e. The maximum absolute atomic E-state index is 5.63. The molecule has 0 saturated carbocycles. The van der Waals surface area contributed by atoms with Gasteiger partial charge in [-0.1, -0.05) is 195 Å². The molecule has 0 bridgehead atoms. The molecule has 0 unspecified atom stereocenters. The summed E-state index contributed by atoms with van der Waals surface area (Å²) in [4.78, 5) is 0. The second kappa shape index (κ2) is 19.8. The summed E-state index contributed by atoms with van der Waals surface area (Å²) < 4.78 is 5.25. The summed E-state index contributed by atoms with van der Waals surface area (Å²) in [5.41, 5.74) is 22.1. The van der Waals surface area contributed by atoms with Crippen LogP contribution in [0.15, 0.2) is 206 Å². The lowest BCUT2D eigenvalue weighted by molar-refractivity contribution is 0.289. The second-order valence-corrected chi connectivity index (χ2v) is 14.8. The molecule has 0 saturated heterocycles. The van der Waals surface area contributed by atoms with Crippen molar-refractivity contribution in [3.63, 3.8) is 0 Å². The van der Waals surface area contributed by atoms with E-state index in [0.717, 1.165) is 16.7 Å². The van der Waals surface area contributed by atoms with Crippen LogP contribution in [0.1, 0.15) is 54.2 Å². The molecule has 1 aliphatic heterocycles. The number of fused-ring (bicyclic) bond motifs is 7. The molecule has 10 rings (SSSR count). The Morgan fingerprint density at radius 3 is 1.77 bits per heavy atom. The number of hydrogen-bond donors (Lipinski definition) is 2. The average Bonchev–Trinajstić information content (AvgIpc) is 3.77. The standard InChI is InChI=1S/C34H22.C13H17NO.C7H8.C2H6.CH3N/c1-21-15-17-22(18-16-21)25-10-6-14-30-33(25)26-9-2-3-11-27(26)34(30)28-12-4-7-23-19-20-24-8-5-13-29(34)32(24)31(23)28;1-11-5-3-4-7-15-8-6-13(10-14)9-12(11)2;1-7-5-3-2-4-6-7;2*1-2/h2-20H,1H3;3-7,9H,1,8,10,14H2,2H3;2-6H,1H3;1-2H3;2H,1H2/b;5-3-,7-4-,12-9+,13-6+;;;. The van der Waals surface area contributed by atoms with Crippen LogP contribution in [0.5, 0.6) is 0 Å². The van der Waals surface area contributed by atoms with Gasteiger partial charge in [0, 0.05) is 6.54 Å². The number of nitrogens with one attached hydrogen (secondary N) is 1. The molecule has 1 spiro atoms. The summed E-state index contributed by atoms with van der Waals surface area (Å²) >= 11 is 0. The highest BCUT2D eigenvalue weighted by Gasteiger charge is 2.51. The quantitative estimate of drug-likeness (QED) is 0.135. The minimum atomic E-state index is -0.282. The minimum Gasteiger partial charge on any atom is -0.497 e. The molecule has 7 aromatic carbocycles. The summed E-state index contributed by atoms with van der Waals surface area (Å²) in [5.74, 6) is 0. The molecule has 60 heavy (non-hydrogen) atoms. The van der Waals surface area contributed by atoms with Crippen molar-refractivity contribution in [3.8, 4) is 22.3 Å². The number of allylic oxidation sites excluding steroid dienone is 5. The van der Waals surface area contributed by atoms with Crippen LogP contribution in [0, 0.1) is 19.3 Å². The van der Waals surface area contributed by atoms with Gasteiger partial charge in [0.25, 0.3) is 0 Å². The van der Waals surface area contributed by atoms with Crippen molar-refractivity contribution < 1.29 is 4.74 Å². The number of ether oxygens (including phenoxy) is 1. The number of aryl methyl sites for hydroxylation is 2. The average molecular weight is 785 g/mol. The van der Waals surface area contributed by atoms with Crippen molar-refractivity contribution in [2.24, 2.45) is 5.73 Å². The first kappa shape index (κ1) is 42.8. The molecule has 1 heterocycles. The fraction of sp³-hybridized carbons (Fsp3) is 0.140. The lowest BCUT2D eigenvalue weighted by atomic mass is 9.70. The zero-order valence-electron chi connectivity index (χ0n) is 35.6. The van der Waals surface area contributed by atoms with Crippen LogP contribution in [0.25, 0.3) is 43.8 Å². The van der Waals surface area contributed by atoms with E-state index >= 15 is 0 Å².